The van der Waals surface area contributed by atoms with Gasteiger partial charge in [-0.1, -0.05) is 0 Å². The molecular weight excluding hydrogens is 272 g/mol. The number of carbonyl (C=O) groups is 1. The fourth-order valence-electron chi connectivity index (χ4n) is 1.42. The van der Waals surface area contributed by atoms with Crippen molar-refractivity contribution in [2.24, 2.45) is 5.73 Å². The maximum Gasteiger partial charge on any atom is 0.288 e. The van der Waals surface area contributed by atoms with Gasteiger partial charge in [-0.25, -0.2) is 0 Å². The second kappa shape index (κ2) is 8.39. The van der Waals surface area contributed by atoms with Gasteiger partial charge in [0.05, 0.1) is 16.2 Å². The fraction of sp³-hybridized carbons (Fsp3) is 0.455. The van der Waals surface area contributed by atoms with Gasteiger partial charge in [0.1, 0.15) is 6.20 Å². The lowest BCUT2D eigenvalue weighted by Crippen LogP contribution is -2.26. The van der Waals surface area contributed by atoms with Crippen LogP contribution in [0.15, 0.2) is 12.3 Å². The lowest BCUT2D eigenvalue weighted by Gasteiger charge is -2.06. The molecule has 1 aromatic heterocycles. The Hall–Kier alpha value is -1.73. The Labute approximate surface area is 117 Å². The summed E-state index contributed by atoms with van der Waals surface area (Å²) in [7, 11) is 0. The van der Waals surface area contributed by atoms with Crippen molar-refractivity contribution in [3.63, 3.8) is 0 Å². The monoisotopic (exact) mass is 288 g/mol. The van der Waals surface area contributed by atoms with Crippen LogP contribution in [0.4, 0.5) is 5.69 Å². The van der Waals surface area contributed by atoms with Crippen LogP contribution in [0.2, 0.25) is 0 Å². The van der Waals surface area contributed by atoms with Crippen molar-refractivity contribution >= 4 is 24.0 Å². The van der Waals surface area contributed by atoms with Gasteiger partial charge in [0.25, 0.3) is 11.6 Å². The molecule has 0 aliphatic carbocycles. The number of nitrogens with two attached hydrogens (primary N) is 1. The fourth-order valence-corrected chi connectivity index (χ4v) is 1.42. The van der Waals surface area contributed by atoms with Crippen LogP contribution in [0.3, 0.4) is 0 Å². The van der Waals surface area contributed by atoms with E-state index in [0.29, 0.717) is 18.8 Å². The van der Waals surface area contributed by atoms with Crippen LogP contribution in [0.1, 0.15) is 28.9 Å². The molecule has 0 radical (unpaired) electrons. The highest BCUT2D eigenvalue weighted by Crippen LogP contribution is 2.14. The Morgan fingerprint density at radius 1 is 1.53 bits per heavy atom. The Balaban J connectivity index is 0.00000324. The van der Waals surface area contributed by atoms with Crippen molar-refractivity contribution in [2.45, 2.75) is 19.8 Å². The number of aromatic nitrogens is 1. The number of nitro groups is 1. The van der Waals surface area contributed by atoms with Crippen molar-refractivity contribution in [3.05, 3.63) is 33.6 Å². The third kappa shape index (κ3) is 5.19. The number of rotatable bonds is 6. The highest BCUT2D eigenvalue weighted by Gasteiger charge is 2.15. The van der Waals surface area contributed by atoms with E-state index in [1.807, 2.05) is 0 Å². The zero-order valence-corrected chi connectivity index (χ0v) is 11.4. The van der Waals surface area contributed by atoms with Gasteiger partial charge in [0.2, 0.25) is 0 Å². The average molecular weight is 289 g/mol. The maximum absolute atomic E-state index is 11.8. The summed E-state index contributed by atoms with van der Waals surface area (Å²) in [5.41, 5.74) is 5.85. The molecule has 106 valence electrons. The van der Waals surface area contributed by atoms with E-state index in [9.17, 15) is 14.9 Å². The van der Waals surface area contributed by atoms with E-state index in [4.69, 9.17) is 5.73 Å². The Morgan fingerprint density at radius 3 is 2.79 bits per heavy atom. The number of nitrogens with one attached hydrogen (secondary N) is 1. The van der Waals surface area contributed by atoms with Crippen LogP contribution in [0.25, 0.3) is 0 Å². The minimum absolute atomic E-state index is 0. The minimum atomic E-state index is -0.572. The highest BCUT2D eigenvalue weighted by atomic mass is 35.5. The molecule has 8 heteroatoms. The van der Waals surface area contributed by atoms with E-state index in [-0.39, 0.29) is 29.6 Å². The number of hydrogen-bond donors (Lipinski definition) is 2. The van der Waals surface area contributed by atoms with E-state index < -0.39 is 4.92 Å². The third-order valence-corrected chi connectivity index (χ3v) is 2.44. The molecule has 0 aromatic carbocycles. The van der Waals surface area contributed by atoms with Gasteiger partial charge < -0.3 is 11.1 Å². The van der Waals surface area contributed by atoms with Crippen LogP contribution >= 0.6 is 12.4 Å². The van der Waals surface area contributed by atoms with E-state index >= 15 is 0 Å². The molecule has 0 spiro atoms. The number of amides is 1. The average Bonchev–Trinajstić information content (AvgIpc) is 2.34. The first-order valence-corrected chi connectivity index (χ1v) is 5.65. The zero-order valence-electron chi connectivity index (χ0n) is 10.6. The summed E-state index contributed by atoms with van der Waals surface area (Å²) in [5, 5.41) is 13.3. The molecule has 0 saturated heterocycles. The first kappa shape index (κ1) is 17.3. The number of carbonyl (C=O) groups excluding carboxylic acids is 1. The topological polar surface area (TPSA) is 111 Å². The molecule has 0 aliphatic rings. The number of halogens is 1. The molecule has 1 heterocycles. The molecule has 1 amide bonds. The van der Waals surface area contributed by atoms with Gasteiger partial charge in [0.15, 0.2) is 0 Å². The first-order valence-electron chi connectivity index (χ1n) is 5.65. The zero-order chi connectivity index (χ0) is 13.5. The van der Waals surface area contributed by atoms with Crippen molar-refractivity contribution in [1.82, 2.24) is 10.3 Å². The maximum atomic E-state index is 11.8. The van der Waals surface area contributed by atoms with Gasteiger partial charge in [-0.15, -0.1) is 12.4 Å². The van der Waals surface area contributed by atoms with E-state index in [2.05, 4.69) is 10.3 Å². The van der Waals surface area contributed by atoms with Gasteiger partial charge in [0, 0.05) is 12.6 Å². The SMILES string of the molecule is Cc1ncc([N+](=O)[O-])cc1C(=O)NCCCCN.Cl. The molecule has 7 nitrogen and oxygen atoms in total. The first-order chi connectivity index (χ1) is 8.56. The number of pyridine rings is 1. The molecule has 0 bridgehead atoms. The quantitative estimate of drug-likeness (QED) is 0.464. The summed E-state index contributed by atoms with van der Waals surface area (Å²) >= 11 is 0. The largest absolute Gasteiger partial charge is 0.352 e. The summed E-state index contributed by atoms with van der Waals surface area (Å²) < 4.78 is 0. The summed E-state index contributed by atoms with van der Waals surface area (Å²) in [6, 6.07) is 1.24. The molecule has 3 N–H and O–H groups in total. The van der Waals surface area contributed by atoms with E-state index in [0.717, 1.165) is 19.0 Å². The summed E-state index contributed by atoms with van der Waals surface area (Å²) in [4.78, 5) is 25.7. The predicted molar refractivity (Wildman–Crippen MR) is 73.5 cm³/mol. The number of unbranched alkanes of at least 4 members (excludes halogenated alkanes) is 1. The lowest BCUT2D eigenvalue weighted by atomic mass is 10.1. The third-order valence-electron chi connectivity index (χ3n) is 2.44. The molecule has 0 unspecified atom stereocenters. The molecule has 0 atom stereocenters. The summed E-state index contributed by atoms with van der Waals surface area (Å²) in [6.45, 7) is 2.71. The second-order valence-corrected chi connectivity index (χ2v) is 3.84. The van der Waals surface area contributed by atoms with Crippen molar-refractivity contribution in [1.29, 1.82) is 0 Å². The van der Waals surface area contributed by atoms with Gasteiger partial charge >= 0.3 is 0 Å². The van der Waals surface area contributed by atoms with Gasteiger partial charge in [-0.3, -0.25) is 19.9 Å². The normalized spacial score (nSPS) is 9.58. The van der Waals surface area contributed by atoms with Crippen LogP contribution in [-0.2, 0) is 0 Å². The smallest absolute Gasteiger partial charge is 0.288 e. The van der Waals surface area contributed by atoms with E-state index in [1.165, 1.54) is 6.07 Å². The van der Waals surface area contributed by atoms with Crippen LogP contribution in [0, 0.1) is 17.0 Å². The standard InChI is InChI=1S/C11H16N4O3.ClH/c1-8-10(6-9(7-14-8)15(17)18)11(16)13-5-3-2-4-12;/h6-7H,2-5,12H2,1H3,(H,13,16);1H. The number of hydrogen-bond acceptors (Lipinski definition) is 5. The minimum Gasteiger partial charge on any atom is -0.352 e. The number of nitrogens with zero attached hydrogens (tertiary/aromatic N) is 2. The van der Waals surface area contributed by atoms with Gasteiger partial charge in [-0.2, -0.15) is 0 Å². The Morgan fingerprint density at radius 2 is 2.21 bits per heavy atom. The van der Waals surface area contributed by atoms with Crippen molar-refractivity contribution in [2.75, 3.05) is 13.1 Å². The molecule has 1 rings (SSSR count). The number of aryl methyl sites for hydroxylation is 1. The molecule has 0 aliphatic heterocycles. The Kier molecular flexibility index (Phi) is 7.62. The molecule has 0 fully saturated rings. The lowest BCUT2D eigenvalue weighted by molar-refractivity contribution is -0.385. The molecular formula is C11H17ClN4O3. The highest BCUT2D eigenvalue weighted by molar-refractivity contribution is 5.95. The van der Waals surface area contributed by atoms with Gasteiger partial charge in [-0.05, 0) is 26.3 Å². The second-order valence-electron chi connectivity index (χ2n) is 3.84. The van der Waals surface area contributed by atoms with Crippen LogP contribution in [-0.4, -0.2) is 28.9 Å². The molecule has 19 heavy (non-hydrogen) atoms. The molecule has 1 aromatic rings. The predicted octanol–water partition coefficient (Wildman–Crippen LogP) is 1.19. The van der Waals surface area contributed by atoms with E-state index in [1.54, 1.807) is 6.92 Å². The summed E-state index contributed by atoms with van der Waals surface area (Å²) in [5.74, 6) is -0.347. The molecule has 0 saturated carbocycles. The summed E-state index contributed by atoms with van der Waals surface area (Å²) in [6.07, 6.45) is 2.75. The van der Waals surface area contributed by atoms with Crippen molar-refractivity contribution < 1.29 is 9.72 Å². The van der Waals surface area contributed by atoms with Crippen molar-refractivity contribution in [3.8, 4) is 0 Å². The van der Waals surface area contributed by atoms with Crippen LogP contribution in [0.5, 0.6) is 0 Å². The Bertz CT molecular complexity index is 454. The van der Waals surface area contributed by atoms with Crippen LogP contribution < -0.4 is 11.1 Å².